The summed E-state index contributed by atoms with van der Waals surface area (Å²) in [5, 5.41) is 12.3. The quantitative estimate of drug-likeness (QED) is 0.0831. The van der Waals surface area contributed by atoms with E-state index >= 15 is 0 Å². The zero-order valence-electron chi connectivity index (χ0n) is 25.3. The highest BCUT2D eigenvalue weighted by Crippen LogP contribution is 2.79. The molecule has 0 unspecified atom stereocenters. The number of nitrogens with zero attached hydrogens (tertiary/aromatic N) is 3. The van der Waals surface area contributed by atoms with E-state index in [0.29, 0.717) is 5.58 Å². The standard InChI is InChI=1S/C26H3I24N5O2/c27-6-2(1-51)7(28)10(31)13-3(6)5(17(34)53-13)19(35,36)20(37,38)21(39,40)22(41,42)55-25(47,48)23(43,44)54(24(45,46)26(55,49)50)14-8(29)4-9(30)16(18(52)56)57-15(4)12(33)11(14)32/h53H,(H2,52,56). The van der Waals surface area contributed by atoms with Gasteiger partial charge in [0.15, 0.2) is 13.3 Å². The number of primary amides is 1. The molecule has 0 bridgehead atoms. The van der Waals surface area contributed by atoms with Gasteiger partial charge in [-0.1, -0.05) is 136 Å². The fraction of sp³-hybridized carbons (Fsp3) is 0.308. The van der Waals surface area contributed by atoms with E-state index in [-0.39, 0.29) is 5.76 Å². The van der Waals surface area contributed by atoms with Crippen molar-refractivity contribution in [2.24, 2.45) is 5.73 Å². The summed E-state index contributed by atoms with van der Waals surface area (Å²) in [6.07, 6.45) is 0. The first-order valence-corrected chi connectivity index (χ1v) is 39.4. The van der Waals surface area contributed by atoms with E-state index in [1.54, 1.807) is 0 Å². The van der Waals surface area contributed by atoms with E-state index in [2.05, 4.69) is 563 Å². The number of rotatable bonds is 7. The number of carbonyl (C=O) groups is 1. The number of alkyl halides is 16. The Balaban J connectivity index is 1.76. The topological polar surface area (TPSA) is 102 Å². The van der Waals surface area contributed by atoms with Crippen LogP contribution in [0.15, 0.2) is 4.42 Å². The summed E-state index contributed by atoms with van der Waals surface area (Å²) in [6.45, 7) is 0. The summed E-state index contributed by atoms with van der Waals surface area (Å²) in [4.78, 5) is 21.5. The Morgan fingerprint density at radius 1 is 0.649 bits per heavy atom. The van der Waals surface area contributed by atoms with Gasteiger partial charge in [0, 0.05) is 21.7 Å². The molecule has 5 rings (SSSR count). The first-order valence-electron chi connectivity index (χ1n) is 13.5. The molecular formula is C26H3I24N5O2. The van der Waals surface area contributed by atoms with Crippen molar-refractivity contribution in [2.45, 2.75) is 12.0 Å². The minimum atomic E-state index is -0.575. The van der Waals surface area contributed by atoms with E-state index < -0.39 is 18.0 Å². The van der Waals surface area contributed by atoms with Crippen LogP contribution in [0.1, 0.15) is 21.7 Å². The second-order valence-corrected chi connectivity index (χ2v) is 61.7. The maximum Gasteiger partial charge on any atom is 0.285 e. The van der Waals surface area contributed by atoms with Gasteiger partial charge in [-0.15, -0.1) is 0 Å². The van der Waals surface area contributed by atoms with Crippen molar-refractivity contribution in [1.82, 2.24) is 9.88 Å². The van der Waals surface area contributed by atoms with Crippen molar-refractivity contribution in [2.75, 3.05) is 4.90 Å². The molecule has 0 radical (unpaired) electrons. The van der Waals surface area contributed by atoms with Crippen LogP contribution in [0.2, 0.25) is 0 Å². The van der Waals surface area contributed by atoms with Gasteiger partial charge in [0.05, 0.1) is 40.1 Å². The normalized spacial score (nSPS) is 18.8. The molecule has 0 atom stereocenters. The zero-order chi connectivity index (χ0) is 44.1. The zero-order valence-corrected chi connectivity index (χ0v) is 77.1. The maximum atomic E-state index is 12.5. The molecule has 1 fully saturated rings. The molecule has 1 aliphatic rings. The van der Waals surface area contributed by atoms with Crippen LogP contribution in [0, 0.1) is 40.0 Å². The predicted molar refractivity (Wildman–Crippen MR) is 439 cm³/mol. The molecule has 3 heterocycles. The Hall–Kier alpha value is 13.8. The average Bonchev–Trinajstić information content (AvgIpc) is 3.61. The molecule has 31 heteroatoms. The van der Waals surface area contributed by atoms with Crippen LogP contribution in [-0.2, 0) is 1.43 Å². The Morgan fingerprint density at radius 3 is 1.60 bits per heavy atom. The van der Waals surface area contributed by atoms with Crippen LogP contribution in [0.25, 0.3) is 21.9 Å². The minimum Gasteiger partial charge on any atom is -0.449 e. The number of nitrogens with two attached hydrogens (primary N) is 1. The number of hydrogen-bond donors (Lipinski definition) is 2. The Bertz CT molecular complexity index is 2420. The van der Waals surface area contributed by atoms with Gasteiger partial charge >= 0.3 is 0 Å². The van der Waals surface area contributed by atoms with Crippen LogP contribution in [0.5, 0.6) is 0 Å². The number of furan rings is 1. The van der Waals surface area contributed by atoms with Gasteiger partial charge in [0.2, 0.25) is 5.76 Å². The average molecular weight is 3460 g/mol. The number of H-pyrrole nitrogens is 1. The van der Waals surface area contributed by atoms with Crippen molar-refractivity contribution in [3.05, 3.63) is 45.6 Å². The summed E-state index contributed by atoms with van der Waals surface area (Å²) in [5.41, 5.74) is 10.6. The number of benzene rings is 2. The van der Waals surface area contributed by atoms with Crippen LogP contribution in [0.4, 0.5) is 5.69 Å². The smallest absolute Gasteiger partial charge is 0.285 e. The Labute approximate surface area is 654 Å². The van der Waals surface area contributed by atoms with Crippen molar-refractivity contribution in [3.8, 4) is 6.07 Å². The highest BCUT2D eigenvalue weighted by atomic mass is 127. The molecular weight excluding hydrogens is 3460 g/mol. The summed E-state index contributed by atoms with van der Waals surface area (Å²) < 4.78 is 9.94. The van der Waals surface area contributed by atoms with E-state index in [1.807, 2.05) is 0 Å². The van der Waals surface area contributed by atoms with E-state index in [1.165, 1.54) is 5.56 Å². The lowest BCUT2D eigenvalue weighted by Gasteiger charge is -2.69. The molecule has 3 N–H and O–H groups in total. The third kappa shape index (κ3) is 10.3. The molecule has 4 aromatic rings. The monoisotopic (exact) mass is 3460 g/mol. The van der Waals surface area contributed by atoms with Gasteiger partial charge in [-0.25, -0.2) is 4.90 Å². The lowest BCUT2D eigenvalue weighted by Crippen LogP contribution is -2.81. The second-order valence-electron chi connectivity index (χ2n) is 11.2. The molecule has 1 saturated heterocycles. The summed E-state index contributed by atoms with van der Waals surface area (Å²) in [5.74, 6) is -0.386. The van der Waals surface area contributed by atoms with E-state index in [0.717, 1.165) is 56.2 Å². The number of nitriles is 1. The molecule has 1 amide bonds. The van der Waals surface area contributed by atoms with Gasteiger partial charge in [-0.2, -0.15) is 5.26 Å². The maximum absolute atomic E-state index is 12.5. The summed E-state index contributed by atoms with van der Waals surface area (Å²) >= 11 is 62.2. The highest BCUT2D eigenvalue weighted by molar-refractivity contribution is 14.2. The highest BCUT2D eigenvalue weighted by Gasteiger charge is 2.79. The van der Waals surface area contributed by atoms with Crippen LogP contribution in [-0.4, -0.2) is 26.4 Å². The minimum absolute atomic E-state index is 0.189. The van der Waals surface area contributed by atoms with Gasteiger partial charge in [-0.3, -0.25) is 4.79 Å². The molecule has 0 aliphatic carbocycles. The number of carbonyl (C=O) groups excluding carboxylic acids is 1. The number of aromatic nitrogens is 1. The van der Waals surface area contributed by atoms with E-state index in [9.17, 15) is 10.1 Å². The van der Waals surface area contributed by atoms with Crippen molar-refractivity contribution >= 4 is 576 Å². The third-order valence-corrected chi connectivity index (χ3v) is 60.8. The number of halogens is 24. The van der Waals surface area contributed by atoms with Crippen LogP contribution < -0.4 is 10.6 Å². The molecule has 312 valence electrons. The number of fused-ring (bicyclic) bond motifs is 2. The lowest BCUT2D eigenvalue weighted by molar-refractivity contribution is 0.0974. The Kier molecular flexibility index (Phi) is 24.0. The van der Waals surface area contributed by atoms with Crippen molar-refractivity contribution in [3.63, 3.8) is 0 Å². The van der Waals surface area contributed by atoms with Crippen LogP contribution in [0.3, 0.4) is 0 Å². The van der Waals surface area contributed by atoms with E-state index in [4.69, 9.17) is 10.2 Å². The summed E-state index contributed by atoms with van der Waals surface area (Å²) in [7, 11) is 0. The van der Waals surface area contributed by atoms with Crippen molar-refractivity contribution < 1.29 is 9.21 Å². The summed E-state index contributed by atoms with van der Waals surface area (Å²) in [6, 6.07) is 2.50. The number of anilines is 1. The molecule has 2 aromatic carbocycles. The second kappa shape index (κ2) is 22.2. The number of aromatic amines is 1. The fourth-order valence-electron chi connectivity index (χ4n) is 5.43. The number of hydrogen-bond acceptors (Lipinski definition) is 5. The predicted octanol–water partition coefficient (Wildman–Crippen LogP) is 20.3. The SMILES string of the molecule is N#Cc1c(I)c(I)c2[nH]c(I)c(C(I)(I)C(I)(I)C(I)(I)C(I)(I)N3C(I)(I)C(I)(I)N(c4c(I)c(I)c5oc(C(N)=O)c(I)c5c4I)C(I)(I)C3(I)I)c2c1I. The molecule has 0 spiro atoms. The first kappa shape index (κ1) is 61.6. The largest absolute Gasteiger partial charge is 0.449 e. The van der Waals surface area contributed by atoms with Gasteiger partial charge in [-0.05, 0) is 407 Å². The number of amides is 1. The van der Waals surface area contributed by atoms with Gasteiger partial charge < -0.3 is 20.0 Å². The van der Waals surface area contributed by atoms with Gasteiger partial charge in [0.1, 0.15) is 10.4 Å². The van der Waals surface area contributed by atoms with Crippen molar-refractivity contribution in [1.29, 1.82) is 5.26 Å². The Morgan fingerprint density at radius 2 is 1.14 bits per heavy atom. The molecule has 2 aromatic heterocycles. The first-order chi connectivity index (χ1) is 25.5. The third-order valence-electron chi connectivity index (χ3n) is 8.07. The number of piperazine rings is 1. The fourth-order valence-corrected chi connectivity index (χ4v) is 40.0. The number of nitrogens with one attached hydrogen (secondary N) is 1. The molecule has 57 heavy (non-hydrogen) atoms. The molecule has 7 nitrogen and oxygen atoms in total. The molecule has 0 saturated carbocycles. The lowest BCUT2D eigenvalue weighted by atomic mass is 10.0. The van der Waals surface area contributed by atoms with Gasteiger partial charge in [0.25, 0.3) is 5.91 Å². The van der Waals surface area contributed by atoms with Crippen LogP contribution >= 0.6 is 542 Å². The molecule has 1 aliphatic heterocycles.